The van der Waals surface area contributed by atoms with Crippen LogP contribution in [0.5, 0.6) is 0 Å². The molecule has 1 aromatic rings. The van der Waals surface area contributed by atoms with Crippen LogP contribution in [0.1, 0.15) is 23.0 Å². The highest BCUT2D eigenvalue weighted by Crippen LogP contribution is 2.25. The number of hydrogen-bond donors (Lipinski definition) is 1. The van der Waals surface area contributed by atoms with E-state index >= 15 is 0 Å². The number of carbonyl (C=O) groups is 1. The second-order valence-electron chi connectivity index (χ2n) is 2.85. The normalized spacial score (nSPS) is 10.5. The van der Waals surface area contributed by atoms with E-state index in [2.05, 4.69) is 0 Å². The van der Waals surface area contributed by atoms with Gasteiger partial charge in [0, 0.05) is 29.2 Å². The summed E-state index contributed by atoms with van der Waals surface area (Å²) in [5.74, 6) is 0.122. The van der Waals surface area contributed by atoms with Gasteiger partial charge in [-0.3, -0.25) is 0 Å². The summed E-state index contributed by atoms with van der Waals surface area (Å²) in [6.45, 7) is 3.51. The van der Waals surface area contributed by atoms with Gasteiger partial charge in [0.2, 0.25) is 0 Å². The zero-order valence-electron chi connectivity index (χ0n) is 8.56. The lowest BCUT2D eigenvalue weighted by molar-refractivity contribution is 0.0702. The summed E-state index contributed by atoms with van der Waals surface area (Å²) in [7, 11) is 0. The first kappa shape index (κ1) is 12.5. The van der Waals surface area contributed by atoms with Crippen molar-refractivity contribution in [1.29, 1.82) is 0 Å². The molecule has 0 radical (unpaired) electrons. The maximum atomic E-state index is 10.6. The Labute approximate surface area is 97.5 Å². The minimum absolute atomic E-state index is 0.405. The zero-order chi connectivity index (χ0) is 11.1. The van der Waals surface area contributed by atoms with Crippen LogP contribution in [-0.4, -0.2) is 30.0 Å². The Bertz CT molecular complexity index is 309. The fraction of sp³-hybridized carbons (Fsp3) is 0.500. The number of carboxylic acids is 1. The van der Waals surface area contributed by atoms with Gasteiger partial charge in [0.15, 0.2) is 0 Å². The molecule has 0 atom stereocenters. The van der Waals surface area contributed by atoms with Gasteiger partial charge in [-0.25, -0.2) is 4.79 Å². The highest BCUT2D eigenvalue weighted by atomic mass is 32.2. The van der Waals surface area contributed by atoms with E-state index < -0.39 is 5.97 Å². The summed E-state index contributed by atoms with van der Waals surface area (Å²) in [6, 6.07) is 1.72. The van der Waals surface area contributed by atoms with Gasteiger partial charge in [0.05, 0.1) is 0 Å². The highest BCUT2D eigenvalue weighted by molar-refractivity contribution is 7.99. The molecule has 1 aromatic heterocycles. The van der Waals surface area contributed by atoms with Crippen molar-refractivity contribution in [3.8, 4) is 0 Å². The van der Waals surface area contributed by atoms with Crippen molar-refractivity contribution in [2.45, 2.75) is 18.2 Å². The van der Waals surface area contributed by atoms with Crippen LogP contribution in [0.25, 0.3) is 0 Å². The maximum absolute atomic E-state index is 10.6. The number of thioether (sulfide) groups is 1. The van der Waals surface area contributed by atoms with Gasteiger partial charge in [0.25, 0.3) is 0 Å². The zero-order valence-corrected chi connectivity index (χ0v) is 10.2. The fourth-order valence-electron chi connectivity index (χ4n) is 1.00. The quantitative estimate of drug-likeness (QED) is 0.593. The third-order valence-corrected chi connectivity index (χ3v) is 3.82. The summed E-state index contributed by atoms with van der Waals surface area (Å²) in [6.07, 6.45) is 0.997. The molecule has 5 heteroatoms. The lowest BCUT2D eigenvalue weighted by atomic mass is 10.5. The predicted octanol–water partition coefficient (Wildman–Crippen LogP) is 2.97. The van der Waals surface area contributed by atoms with E-state index in [0.717, 1.165) is 30.3 Å². The molecule has 0 spiro atoms. The van der Waals surface area contributed by atoms with Crippen LogP contribution >= 0.6 is 23.1 Å². The Hall–Kier alpha value is -0.520. The Morgan fingerprint density at radius 1 is 1.67 bits per heavy atom. The van der Waals surface area contributed by atoms with Crippen molar-refractivity contribution < 1.29 is 14.6 Å². The second-order valence-corrected chi connectivity index (χ2v) is 4.93. The van der Waals surface area contributed by atoms with Gasteiger partial charge in [-0.1, -0.05) is 0 Å². The Morgan fingerprint density at radius 3 is 3.07 bits per heavy atom. The molecule has 84 valence electrons. The van der Waals surface area contributed by atoms with Gasteiger partial charge >= 0.3 is 5.97 Å². The first-order chi connectivity index (χ1) is 7.24. The lowest BCUT2D eigenvalue weighted by Gasteiger charge is -1.99. The first-order valence-electron chi connectivity index (χ1n) is 4.76. The summed E-state index contributed by atoms with van der Waals surface area (Å²) in [5.41, 5.74) is 0. The minimum Gasteiger partial charge on any atom is -0.477 e. The summed E-state index contributed by atoms with van der Waals surface area (Å²) < 4.78 is 5.21. The number of ether oxygens (including phenoxy) is 1. The first-order valence-corrected chi connectivity index (χ1v) is 6.63. The smallest absolute Gasteiger partial charge is 0.345 e. The standard InChI is InChI=1S/C10H14O3S2/c1-2-13-4-3-5-14-8-6-9(10(11)12)15-7-8/h6-7H,2-5H2,1H3,(H,11,12). The van der Waals surface area contributed by atoms with Gasteiger partial charge in [-0.15, -0.1) is 23.1 Å². The third kappa shape index (κ3) is 4.68. The van der Waals surface area contributed by atoms with Crippen molar-refractivity contribution in [2.75, 3.05) is 19.0 Å². The molecular formula is C10H14O3S2. The van der Waals surface area contributed by atoms with Gasteiger partial charge < -0.3 is 9.84 Å². The van der Waals surface area contributed by atoms with Crippen LogP contribution in [-0.2, 0) is 4.74 Å². The number of thiophene rings is 1. The fourth-order valence-corrected chi connectivity index (χ4v) is 2.80. The van der Waals surface area contributed by atoms with E-state index in [1.165, 1.54) is 11.3 Å². The average Bonchev–Trinajstić information content (AvgIpc) is 2.66. The van der Waals surface area contributed by atoms with Crippen LogP contribution < -0.4 is 0 Å². The molecule has 0 saturated heterocycles. The van der Waals surface area contributed by atoms with Crippen molar-refractivity contribution in [2.24, 2.45) is 0 Å². The Balaban J connectivity index is 2.23. The largest absolute Gasteiger partial charge is 0.477 e. The molecule has 0 saturated carbocycles. The molecule has 0 fully saturated rings. The van der Waals surface area contributed by atoms with E-state index in [1.54, 1.807) is 17.8 Å². The van der Waals surface area contributed by atoms with Crippen molar-refractivity contribution in [3.05, 3.63) is 16.3 Å². The number of rotatable bonds is 7. The summed E-state index contributed by atoms with van der Waals surface area (Å²) in [4.78, 5) is 12.1. The van der Waals surface area contributed by atoms with Gasteiger partial charge in [-0.2, -0.15) is 0 Å². The van der Waals surface area contributed by atoms with Crippen molar-refractivity contribution in [1.82, 2.24) is 0 Å². The topological polar surface area (TPSA) is 46.5 Å². The molecule has 1 N–H and O–H groups in total. The monoisotopic (exact) mass is 246 g/mol. The van der Waals surface area contributed by atoms with Crippen LogP contribution in [0.2, 0.25) is 0 Å². The molecule has 1 rings (SSSR count). The molecule has 0 amide bonds. The molecule has 0 aliphatic heterocycles. The summed E-state index contributed by atoms with van der Waals surface area (Å²) >= 11 is 2.95. The Kier molecular flexibility index (Phi) is 5.75. The number of carboxylic acid groups (broad SMARTS) is 1. The van der Waals surface area contributed by atoms with E-state index in [4.69, 9.17) is 9.84 Å². The van der Waals surface area contributed by atoms with E-state index in [1.807, 2.05) is 12.3 Å². The highest BCUT2D eigenvalue weighted by Gasteiger charge is 2.06. The molecule has 0 unspecified atom stereocenters. The molecule has 1 heterocycles. The van der Waals surface area contributed by atoms with E-state index in [0.29, 0.717) is 4.88 Å². The van der Waals surface area contributed by atoms with Crippen LogP contribution in [0.3, 0.4) is 0 Å². The molecular weight excluding hydrogens is 232 g/mol. The maximum Gasteiger partial charge on any atom is 0.345 e. The molecule has 0 aliphatic rings. The minimum atomic E-state index is -0.846. The number of aromatic carboxylic acids is 1. The van der Waals surface area contributed by atoms with Crippen LogP contribution in [0, 0.1) is 0 Å². The van der Waals surface area contributed by atoms with Gasteiger partial charge in [-0.05, 0) is 19.4 Å². The second kappa shape index (κ2) is 6.87. The van der Waals surface area contributed by atoms with Crippen molar-refractivity contribution >= 4 is 29.1 Å². The number of hydrogen-bond acceptors (Lipinski definition) is 4. The summed E-state index contributed by atoms with van der Waals surface area (Å²) in [5, 5.41) is 10.6. The van der Waals surface area contributed by atoms with Crippen LogP contribution in [0.15, 0.2) is 16.3 Å². The Morgan fingerprint density at radius 2 is 2.47 bits per heavy atom. The molecule has 0 aliphatic carbocycles. The molecule has 0 aromatic carbocycles. The predicted molar refractivity (Wildman–Crippen MR) is 63.1 cm³/mol. The van der Waals surface area contributed by atoms with Gasteiger partial charge in [0.1, 0.15) is 4.88 Å². The van der Waals surface area contributed by atoms with Crippen LogP contribution in [0.4, 0.5) is 0 Å². The average molecular weight is 246 g/mol. The lowest BCUT2D eigenvalue weighted by Crippen LogP contribution is -1.94. The SMILES string of the molecule is CCOCCCSc1csc(C(=O)O)c1. The molecule has 0 bridgehead atoms. The van der Waals surface area contributed by atoms with Crippen molar-refractivity contribution in [3.63, 3.8) is 0 Å². The van der Waals surface area contributed by atoms with E-state index in [9.17, 15) is 4.79 Å². The third-order valence-electron chi connectivity index (χ3n) is 1.69. The molecule has 3 nitrogen and oxygen atoms in total. The van der Waals surface area contributed by atoms with E-state index in [-0.39, 0.29) is 0 Å². The molecule has 15 heavy (non-hydrogen) atoms.